The van der Waals surface area contributed by atoms with E-state index in [1.165, 1.54) is 18.2 Å². The van der Waals surface area contributed by atoms with Gasteiger partial charge >= 0.3 is 0 Å². The molecule has 112 valence electrons. The van der Waals surface area contributed by atoms with Crippen LogP contribution in [0.3, 0.4) is 0 Å². The number of aromatic nitrogens is 1. The highest BCUT2D eigenvalue weighted by molar-refractivity contribution is 6.30. The highest BCUT2D eigenvalue weighted by atomic mass is 35.5. The number of hydrogen-bond acceptors (Lipinski definition) is 3. The van der Waals surface area contributed by atoms with E-state index in [0.717, 1.165) is 6.20 Å². The number of nitrogens with zero attached hydrogens (tertiary/aromatic N) is 1. The Bertz CT molecular complexity index is 607. The summed E-state index contributed by atoms with van der Waals surface area (Å²) in [7, 11) is 0. The molecule has 21 heavy (non-hydrogen) atoms. The average Bonchev–Trinajstić information content (AvgIpc) is 2.48. The molecule has 1 aromatic carbocycles. The molecule has 1 heterocycles. The third-order valence-electron chi connectivity index (χ3n) is 3.17. The van der Waals surface area contributed by atoms with Crippen LogP contribution in [0.5, 0.6) is 0 Å². The Balaban J connectivity index is 2.14. The first-order valence-electron chi connectivity index (χ1n) is 6.44. The fourth-order valence-electron chi connectivity index (χ4n) is 2.01. The summed E-state index contributed by atoms with van der Waals surface area (Å²) in [6, 6.07) is 6.53. The van der Waals surface area contributed by atoms with Crippen molar-refractivity contribution in [3.05, 3.63) is 64.4 Å². The number of benzene rings is 1. The van der Waals surface area contributed by atoms with Crippen LogP contribution in [0.15, 0.2) is 36.5 Å². The lowest BCUT2D eigenvalue weighted by Crippen LogP contribution is -2.28. The monoisotopic (exact) mass is 312 g/mol. The van der Waals surface area contributed by atoms with Crippen molar-refractivity contribution in [1.82, 2.24) is 10.3 Å². The smallest absolute Gasteiger partial charge is 0.142 e. The van der Waals surface area contributed by atoms with Gasteiger partial charge in [-0.1, -0.05) is 17.7 Å². The SMILES string of the molecule is CC(NC(CO)c1ccc(Cl)c(F)c1)c1ccc(F)cn1. The standard InChI is InChI=1S/C15H15ClF2N2O/c1-9(14-5-3-11(17)7-19-14)20-15(8-21)10-2-4-12(16)13(18)6-10/h2-7,9,15,20-21H,8H2,1H3. The molecule has 0 aliphatic carbocycles. The van der Waals surface area contributed by atoms with Crippen LogP contribution in [-0.4, -0.2) is 16.7 Å². The number of hydrogen-bond donors (Lipinski definition) is 2. The molecule has 2 atom stereocenters. The minimum absolute atomic E-state index is 0.0312. The highest BCUT2D eigenvalue weighted by Crippen LogP contribution is 2.22. The fourth-order valence-corrected chi connectivity index (χ4v) is 2.13. The zero-order valence-electron chi connectivity index (χ0n) is 11.4. The van der Waals surface area contributed by atoms with E-state index < -0.39 is 17.7 Å². The van der Waals surface area contributed by atoms with Crippen LogP contribution in [0.25, 0.3) is 0 Å². The summed E-state index contributed by atoms with van der Waals surface area (Å²) in [5.74, 6) is -0.952. The first-order valence-corrected chi connectivity index (χ1v) is 6.82. The van der Waals surface area contributed by atoms with E-state index in [1.807, 2.05) is 6.92 Å². The molecule has 0 aliphatic rings. The predicted molar refractivity (Wildman–Crippen MR) is 77.0 cm³/mol. The predicted octanol–water partition coefficient (Wildman–Crippen LogP) is 3.40. The summed E-state index contributed by atoms with van der Waals surface area (Å²) >= 11 is 5.64. The van der Waals surface area contributed by atoms with E-state index in [2.05, 4.69) is 10.3 Å². The van der Waals surface area contributed by atoms with Gasteiger partial charge in [-0.05, 0) is 36.8 Å². The molecule has 2 unspecified atom stereocenters. The van der Waals surface area contributed by atoms with Gasteiger partial charge in [-0.3, -0.25) is 10.3 Å². The van der Waals surface area contributed by atoms with Crippen LogP contribution < -0.4 is 5.32 Å². The van der Waals surface area contributed by atoms with Crippen molar-refractivity contribution in [2.45, 2.75) is 19.0 Å². The third kappa shape index (κ3) is 3.97. The lowest BCUT2D eigenvalue weighted by Gasteiger charge is -2.22. The first kappa shape index (κ1) is 15.8. The van der Waals surface area contributed by atoms with Gasteiger partial charge in [0.05, 0.1) is 29.6 Å². The maximum atomic E-state index is 13.5. The minimum Gasteiger partial charge on any atom is -0.394 e. The zero-order valence-corrected chi connectivity index (χ0v) is 12.1. The fraction of sp³-hybridized carbons (Fsp3) is 0.267. The average molecular weight is 313 g/mol. The molecule has 2 N–H and O–H groups in total. The zero-order chi connectivity index (χ0) is 15.4. The van der Waals surface area contributed by atoms with Gasteiger partial charge in [-0.25, -0.2) is 8.78 Å². The summed E-state index contributed by atoms with van der Waals surface area (Å²) in [6.45, 7) is 1.61. The van der Waals surface area contributed by atoms with Gasteiger partial charge in [-0.2, -0.15) is 0 Å². The third-order valence-corrected chi connectivity index (χ3v) is 3.48. The van der Waals surface area contributed by atoms with Gasteiger partial charge in [0.15, 0.2) is 0 Å². The van der Waals surface area contributed by atoms with Crippen LogP contribution >= 0.6 is 11.6 Å². The van der Waals surface area contributed by atoms with Crippen molar-refractivity contribution in [2.24, 2.45) is 0 Å². The Morgan fingerprint density at radius 2 is 2.05 bits per heavy atom. The second kappa shape index (κ2) is 6.93. The van der Waals surface area contributed by atoms with Gasteiger partial charge in [0.1, 0.15) is 11.6 Å². The number of pyridine rings is 1. The van der Waals surface area contributed by atoms with Crippen LogP contribution in [0.2, 0.25) is 5.02 Å². The molecule has 2 rings (SSSR count). The first-order chi connectivity index (χ1) is 10.0. The summed E-state index contributed by atoms with van der Waals surface area (Å²) < 4.78 is 26.3. The van der Waals surface area contributed by atoms with E-state index in [0.29, 0.717) is 11.3 Å². The Morgan fingerprint density at radius 1 is 1.29 bits per heavy atom. The molecule has 3 nitrogen and oxygen atoms in total. The van der Waals surface area contributed by atoms with Gasteiger partial charge in [0.2, 0.25) is 0 Å². The summed E-state index contributed by atoms with van der Waals surface area (Å²) in [5, 5.41) is 12.6. The number of rotatable bonds is 5. The second-order valence-corrected chi connectivity index (χ2v) is 5.11. The molecule has 0 amide bonds. The van der Waals surface area contributed by atoms with Crippen LogP contribution in [0.4, 0.5) is 8.78 Å². The van der Waals surface area contributed by atoms with Gasteiger partial charge in [0.25, 0.3) is 0 Å². The van der Waals surface area contributed by atoms with Crippen molar-refractivity contribution in [1.29, 1.82) is 0 Å². The van der Waals surface area contributed by atoms with Crippen LogP contribution in [0.1, 0.15) is 30.3 Å². The Hall–Kier alpha value is -1.56. The maximum absolute atomic E-state index is 13.5. The summed E-state index contributed by atoms with van der Waals surface area (Å²) in [4.78, 5) is 3.98. The van der Waals surface area contributed by atoms with Crippen LogP contribution in [-0.2, 0) is 0 Å². The number of nitrogens with one attached hydrogen (secondary N) is 1. The van der Waals surface area contributed by atoms with Gasteiger partial charge < -0.3 is 5.11 Å². The molecule has 6 heteroatoms. The van der Waals surface area contributed by atoms with Crippen molar-refractivity contribution in [2.75, 3.05) is 6.61 Å². The van der Waals surface area contributed by atoms with Crippen molar-refractivity contribution >= 4 is 11.6 Å². The molecule has 0 aliphatic heterocycles. The van der Waals surface area contributed by atoms with E-state index in [4.69, 9.17) is 11.6 Å². The summed E-state index contributed by atoms with van der Waals surface area (Å²) in [6.07, 6.45) is 1.13. The van der Waals surface area contributed by atoms with Crippen LogP contribution in [0, 0.1) is 11.6 Å². The van der Waals surface area contributed by atoms with Crippen molar-refractivity contribution in [3.63, 3.8) is 0 Å². The Labute approximate surface area is 126 Å². The normalized spacial score (nSPS) is 14.0. The molecular weight excluding hydrogens is 298 g/mol. The quantitative estimate of drug-likeness (QED) is 0.889. The molecule has 2 aromatic rings. The summed E-state index contributed by atoms with van der Waals surface area (Å²) in [5.41, 5.74) is 1.21. The van der Waals surface area contributed by atoms with Crippen molar-refractivity contribution < 1.29 is 13.9 Å². The maximum Gasteiger partial charge on any atom is 0.142 e. The highest BCUT2D eigenvalue weighted by Gasteiger charge is 2.16. The molecular formula is C15H15ClF2N2O. The number of aliphatic hydroxyl groups is 1. The molecule has 0 fully saturated rings. The van der Waals surface area contributed by atoms with Gasteiger partial charge in [-0.15, -0.1) is 0 Å². The molecule has 0 bridgehead atoms. The Morgan fingerprint density at radius 3 is 2.62 bits per heavy atom. The van der Waals surface area contributed by atoms with E-state index in [9.17, 15) is 13.9 Å². The lowest BCUT2D eigenvalue weighted by molar-refractivity contribution is 0.234. The topological polar surface area (TPSA) is 45.1 Å². The molecule has 0 radical (unpaired) electrons. The largest absolute Gasteiger partial charge is 0.394 e. The number of halogens is 3. The number of aliphatic hydroxyl groups excluding tert-OH is 1. The Kier molecular flexibility index (Phi) is 5.22. The second-order valence-electron chi connectivity index (χ2n) is 4.70. The van der Waals surface area contributed by atoms with Crippen molar-refractivity contribution in [3.8, 4) is 0 Å². The lowest BCUT2D eigenvalue weighted by atomic mass is 10.1. The van der Waals surface area contributed by atoms with E-state index in [1.54, 1.807) is 12.1 Å². The molecule has 0 saturated heterocycles. The minimum atomic E-state index is -0.540. The molecule has 0 spiro atoms. The van der Waals surface area contributed by atoms with E-state index >= 15 is 0 Å². The van der Waals surface area contributed by atoms with E-state index in [-0.39, 0.29) is 17.7 Å². The van der Waals surface area contributed by atoms with Gasteiger partial charge in [0, 0.05) is 6.04 Å². The molecule has 1 aromatic heterocycles. The molecule has 0 saturated carbocycles.